The monoisotopic (exact) mass is 266 g/mol. The lowest BCUT2D eigenvalue weighted by Crippen LogP contribution is -2.16. The Labute approximate surface area is 122 Å². The average molecular weight is 266 g/mol. The van der Waals surface area contributed by atoms with Gasteiger partial charge in [-0.1, -0.05) is 56.9 Å². The minimum atomic E-state index is -0.196. The van der Waals surface area contributed by atoms with E-state index in [1.54, 1.807) is 0 Å². The normalized spacial score (nSPS) is 15.0. The molecule has 1 aromatic carbocycles. The molecule has 0 N–H and O–H groups in total. The van der Waals surface area contributed by atoms with Crippen LogP contribution < -0.4 is 0 Å². The third kappa shape index (κ3) is 2.70. The van der Waals surface area contributed by atoms with Crippen LogP contribution in [0.5, 0.6) is 0 Å². The highest BCUT2D eigenvalue weighted by Crippen LogP contribution is 2.41. The molecule has 104 valence electrons. The van der Waals surface area contributed by atoms with Crippen LogP contribution in [-0.4, -0.2) is 5.78 Å². The first kappa shape index (κ1) is 14.6. The number of allylic oxidation sites excluding steroid dienone is 2. The van der Waals surface area contributed by atoms with Crippen LogP contribution in [-0.2, 0) is 0 Å². The van der Waals surface area contributed by atoms with E-state index in [-0.39, 0.29) is 16.6 Å². The Morgan fingerprint density at radius 2 is 1.45 bits per heavy atom. The van der Waals surface area contributed by atoms with Crippen molar-refractivity contribution in [2.24, 2.45) is 10.8 Å². The van der Waals surface area contributed by atoms with Gasteiger partial charge in [0.05, 0.1) is 0 Å². The predicted octanol–water partition coefficient (Wildman–Crippen LogP) is 4.73. The van der Waals surface area contributed by atoms with Crippen molar-refractivity contribution in [3.8, 4) is 11.8 Å². The van der Waals surface area contributed by atoms with Crippen molar-refractivity contribution in [2.45, 2.75) is 41.5 Å². The highest BCUT2D eigenvalue weighted by Gasteiger charge is 2.35. The van der Waals surface area contributed by atoms with Crippen molar-refractivity contribution in [1.82, 2.24) is 0 Å². The Morgan fingerprint density at radius 1 is 0.900 bits per heavy atom. The number of benzene rings is 1. The molecule has 0 fully saturated rings. The first-order valence-electron chi connectivity index (χ1n) is 7.03. The summed E-state index contributed by atoms with van der Waals surface area (Å²) < 4.78 is 0. The van der Waals surface area contributed by atoms with Gasteiger partial charge < -0.3 is 0 Å². The van der Waals surface area contributed by atoms with Crippen LogP contribution in [0.1, 0.15) is 57.5 Å². The van der Waals surface area contributed by atoms with E-state index in [9.17, 15) is 4.79 Å². The molecule has 1 aliphatic carbocycles. The topological polar surface area (TPSA) is 17.1 Å². The number of hydrogen-bond donors (Lipinski definition) is 0. The summed E-state index contributed by atoms with van der Waals surface area (Å²) in [4.78, 5) is 12.7. The van der Waals surface area contributed by atoms with Crippen LogP contribution in [0.25, 0.3) is 5.57 Å². The Balaban J connectivity index is 2.69. The van der Waals surface area contributed by atoms with Crippen LogP contribution in [0.15, 0.2) is 29.8 Å². The van der Waals surface area contributed by atoms with E-state index >= 15 is 0 Å². The van der Waals surface area contributed by atoms with E-state index in [1.165, 1.54) is 0 Å². The number of hydrogen-bond acceptors (Lipinski definition) is 1. The molecule has 0 saturated heterocycles. The van der Waals surface area contributed by atoms with Gasteiger partial charge in [0.2, 0.25) is 0 Å². The lowest BCUT2D eigenvalue weighted by Gasteiger charge is -2.20. The Bertz CT molecular complexity index is 649. The fourth-order valence-electron chi connectivity index (χ4n) is 2.38. The zero-order chi connectivity index (χ0) is 15.1. The highest BCUT2D eigenvalue weighted by atomic mass is 16.1. The molecule has 0 atom stereocenters. The van der Waals surface area contributed by atoms with E-state index < -0.39 is 0 Å². The zero-order valence-corrected chi connectivity index (χ0v) is 13.2. The molecule has 0 spiro atoms. The molecule has 0 unspecified atom stereocenters. The first-order chi connectivity index (χ1) is 9.11. The van der Waals surface area contributed by atoms with Gasteiger partial charge in [0.1, 0.15) is 0 Å². The summed E-state index contributed by atoms with van der Waals surface area (Å²) in [5.74, 6) is 6.67. The molecule has 0 aliphatic heterocycles. The molecule has 0 bridgehead atoms. The summed E-state index contributed by atoms with van der Waals surface area (Å²) in [6.45, 7) is 12.5. The molecule has 0 heterocycles. The van der Waals surface area contributed by atoms with Crippen LogP contribution in [0.3, 0.4) is 0 Å². The quantitative estimate of drug-likeness (QED) is 0.620. The molecule has 1 heteroatoms. The van der Waals surface area contributed by atoms with Crippen LogP contribution in [0, 0.1) is 22.7 Å². The fraction of sp³-hybridized carbons (Fsp3) is 0.421. The summed E-state index contributed by atoms with van der Waals surface area (Å²) >= 11 is 0. The third-order valence-corrected chi connectivity index (χ3v) is 3.23. The predicted molar refractivity (Wildman–Crippen MR) is 84.4 cm³/mol. The van der Waals surface area contributed by atoms with Gasteiger partial charge in [-0.05, 0) is 26.2 Å². The molecule has 0 aromatic heterocycles. The van der Waals surface area contributed by atoms with Gasteiger partial charge >= 0.3 is 0 Å². The second-order valence-corrected chi connectivity index (χ2v) is 7.37. The second-order valence-electron chi connectivity index (χ2n) is 7.37. The van der Waals surface area contributed by atoms with Crippen LogP contribution in [0.4, 0.5) is 0 Å². The highest BCUT2D eigenvalue weighted by molar-refractivity contribution is 6.23. The molecule has 0 amide bonds. The minimum absolute atomic E-state index is 0.0728. The lowest BCUT2D eigenvalue weighted by molar-refractivity contribution is 0.101. The van der Waals surface area contributed by atoms with Gasteiger partial charge in [-0.15, -0.1) is 0 Å². The molecule has 2 rings (SSSR count). The van der Waals surface area contributed by atoms with Gasteiger partial charge in [-0.2, -0.15) is 0 Å². The van der Waals surface area contributed by atoms with E-state index in [0.717, 1.165) is 22.3 Å². The number of fused-ring (bicyclic) bond motifs is 1. The third-order valence-electron chi connectivity index (χ3n) is 3.23. The number of carbonyl (C=O) groups excluding carboxylic acids is 1. The van der Waals surface area contributed by atoms with Crippen LogP contribution >= 0.6 is 0 Å². The van der Waals surface area contributed by atoms with Crippen molar-refractivity contribution in [3.63, 3.8) is 0 Å². The number of ketones is 1. The molecule has 0 radical (unpaired) electrons. The molecule has 1 nitrogen and oxygen atoms in total. The van der Waals surface area contributed by atoms with Crippen molar-refractivity contribution >= 4 is 11.4 Å². The second kappa shape index (κ2) is 4.63. The molecule has 1 aromatic rings. The minimum Gasteiger partial charge on any atom is -0.289 e. The van der Waals surface area contributed by atoms with Gasteiger partial charge in [-0.25, -0.2) is 0 Å². The first-order valence-corrected chi connectivity index (χ1v) is 7.03. The van der Waals surface area contributed by atoms with Gasteiger partial charge in [0.25, 0.3) is 0 Å². The number of rotatable bonds is 0. The Morgan fingerprint density at radius 3 is 1.95 bits per heavy atom. The molecular weight excluding hydrogens is 244 g/mol. The summed E-state index contributed by atoms with van der Waals surface area (Å²) in [6, 6.07) is 7.78. The van der Waals surface area contributed by atoms with Gasteiger partial charge in [-0.3, -0.25) is 4.79 Å². The summed E-state index contributed by atoms with van der Waals surface area (Å²) in [5.41, 5.74) is 3.26. The smallest absolute Gasteiger partial charge is 0.191 e. The van der Waals surface area contributed by atoms with Crippen molar-refractivity contribution in [1.29, 1.82) is 0 Å². The zero-order valence-electron chi connectivity index (χ0n) is 13.2. The van der Waals surface area contributed by atoms with Crippen LogP contribution in [0.2, 0.25) is 0 Å². The largest absolute Gasteiger partial charge is 0.289 e. The van der Waals surface area contributed by atoms with Crippen molar-refractivity contribution in [3.05, 3.63) is 41.0 Å². The maximum atomic E-state index is 12.7. The SMILES string of the molecule is CC(C)(C)C#CC1=C(C(C)(C)C)C(=O)c2ccccc21. The average Bonchev–Trinajstić information content (AvgIpc) is 2.59. The Kier molecular flexibility index (Phi) is 3.38. The summed E-state index contributed by atoms with van der Waals surface area (Å²) in [7, 11) is 0. The molecular formula is C19H22O. The van der Waals surface area contributed by atoms with E-state index in [0.29, 0.717) is 0 Å². The maximum absolute atomic E-state index is 12.7. The van der Waals surface area contributed by atoms with Gasteiger partial charge in [0.15, 0.2) is 5.78 Å². The van der Waals surface area contributed by atoms with E-state index in [4.69, 9.17) is 0 Å². The standard InChI is InChI=1S/C19H22O/c1-18(2,3)12-11-14-13-9-7-8-10-15(13)17(20)16(14)19(4,5)6/h7-10H,1-6H3. The number of carbonyl (C=O) groups is 1. The lowest BCUT2D eigenvalue weighted by atomic mass is 9.82. The molecule has 1 aliphatic rings. The van der Waals surface area contributed by atoms with E-state index in [2.05, 4.69) is 53.4 Å². The van der Waals surface area contributed by atoms with Crippen molar-refractivity contribution in [2.75, 3.05) is 0 Å². The summed E-state index contributed by atoms with van der Waals surface area (Å²) in [5, 5.41) is 0. The fourth-order valence-corrected chi connectivity index (χ4v) is 2.38. The maximum Gasteiger partial charge on any atom is 0.191 e. The number of Topliss-reactive ketones (excluding diaryl/α,β-unsaturated/α-hetero) is 1. The molecule has 20 heavy (non-hydrogen) atoms. The van der Waals surface area contributed by atoms with E-state index in [1.807, 2.05) is 24.3 Å². The van der Waals surface area contributed by atoms with Gasteiger partial charge in [0, 0.05) is 27.7 Å². The summed E-state index contributed by atoms with van der Waals surface area (Å²) in [6.07, 6.45) is 0. The molecule has 0 saturated carbocycles. The van der Waals surface area contributed by atoms with Crippen molar-refractivity contribution < 1.29 is 4.79 Å². The Hall–Kier alpha value is -1.81.